The third-order valence-electron chi connectivity index (χ3n) is 3.51. The highest BCUT2D eigenvalue weighted by molar-refractivity contribution is 5.94. The van der Waals surface area contributed by atoms with Crippen molar-refractivity contribution in [2.75, 3.05) is 13.2 Å². The number of nitrogens with two attached hydrogens (primary N) is 1. The molecule has 0 saturated carbocycles. The van der Waals surface area contributed by atoms with Crippen LogP contribution in [-0.2, 0) is 6.54 Å². The van der Waals surface area contributed by atoms with E-state index in [1.54, 1.807) is 16.8 Å². The first kappa shape index (κ1) is 17.0. The van der Waals surface area contributed by atoms with E-state index < -0.39 is 0 Å². The first-order chi connectivity index (χ1) is 11.1. The van der Waals surface area contributed by atoms with Crippen LogP contribution in [0.25, 0.3) is 0 Å². The Kier molecular flexibility index (Phi) is 5.70. The van der Waals surface area contributed by atoms with E-state index in [1.165, 1.54) is 6.33 Å². The van der Waals surface area contributed by atoms with Gasteiger partial charge in [0.1, 0.15) is 24.5 Å². The molecular formula is C16H23N5O2. The van der Waals surface area contributed by atoms with E-state index in [9.17, 15) is 4.79 Å². The van der Waals surface area contributed by atoms with Crippen molar-refractivity contribution in [2.45, 2.75) is 33.4 Å². The fraction of sp³-hybridized carbons (Fsp3) is 0.438. The van der Waals surface area contributed by atoms with Crippen molar-refractivity contribution in [3.63, 3.8) is 0 Å². The highest BCUT2D eigenvalue weighted by Gasteiger charge is 2.17. The molecule has 0 aliphatic carbocycles. The molecule has 1 amide bonds. The zero-order chi connectivity index (χ0) is 16.8. The van der Waals surface area contributed by atoms with Gasteiger partial charge in [-0.05, 0) is 38.5 Å². The Balaban J connectivity index is 2.11. The zero-order valence-electron chi connectivity index (χ0n) is 13.7. The van der Waals surface area contributed by atoms with Gasteiger partial charge in [-0.25, -0.2) is 9.67 Å². The molecule has 1 aromatic carbocycles. The Morgan fingerprint density at radius 1 is 1.48 bits per heavy atom. The SMILES string of the molecule is CCn1ncnc1C(C)NC(=O)c1ccc(C)c(OCCN)c1. The summed E-state index contributed by atoms with van der Waals surface area (Å²) in [5, 5.41) is 7.05. The fourth-order valence-corrected chi connectivity index (χ4v) is 2.26. The Hall–Kier alpha value is -2.41. The maximum atomic E-state index is 12.4. The Labute approximate surface area is 135 Å². The summed E-state index contributed by atoms with van der Waals surface area (Å²) in [6, 6.07) is 5.13. The van der Waals surface area contributed by atoms with Crippen LogP contribution in [0.2, 0.25) is 0 Å². The smallest absolute Gasteiger partial charge is 0.251 e. The lowest BCUT2D eigenvalue weighted by molar-refractivity contribution is 0.0937. The molecule has 0 saturated heterocycles. The molecule has 124 valence electrons. The number of ether oxygens (including phenoxy) is 1. The summed E-state index contributed by atoms with van der Waals surface area (Å²) in [4.78, 5) is 16.6. The van der Waals surface area contributed by atoms with Gasteiger partial charge in [0, 0.05) is 18.7 Å². The number of carbonyl (C=O) groups excluding carboxylic acids is 1. The molecule has 0 spiro atoms. The van der Waals surface area contributed by atoms with E-state index >= 15 is 0 Å². The van der Waals surface area contributed by atoms with Gasteiger partial charge < -0.3 is 15.8 Å². The second-order valence-electron chi connectivity index (χ2n) is 5.25. The molecule has 0 aliphatic rings. The van der Waals surface area contributed by atoms with Crippen molar-refractivity contribution in [1.82, 2.24) is 20.1 Å². The summed E-state index contributed by atoms with van der Waals surface area (Å²) in [7, 11) is 0. The van der Waals surface area contributed by atoms with Gasteiger partial charge in [0.15, 0.2) is 0 Å². The minimum Gasteiger partial charge on any atom is -0.492 e. The van der Waals surface area contributed by atoms with Crippen LogP contribution in [0.3, 0.4) is 0 Å². The number of aryl methyl sites for hydroxylation is 2. The molecule has 0 bridgehead atoms. The number of nitrogens with zero attached hydrogens (tertiary/aromatic N) is 3. The number of hydrogen-bond acceptors (Lipinski definition) is 5. The van der Waals surface area contributed by atoms with Crippen LogP contribution in [0.15, 0.2) is 24.5 Å². The second kappa shape index (κ2) is 7.73. The topological polar surface area (TPSA) is 95.1 Å². The maximum Gasteiger partial charge on any atom is 0.251 e. The van der Waals surface area contributed by atoms with Crippen LogP contribution in [0, 0.1) is 6.92 Å². The zero-order valence-corrected chi connectivity index (χ0v) is 13.7. The molecule has 1 unspecified atom stereocenters. The van der Waals surface area contributed by atoms with Crippen molar-refractivity contribution >= 4 is 5.91 Å². The largest absolute Gasteiger partial charge is 0.492 e. The predicted octanol–water partition coefficient (Wildman–Crippen LogP) is 1.43. The predicted molar refractivity (Wildman–Crippen MR) is 87.3 cm³/mol. The van der Waals surface area contributed by atoms with Gasteiger partial charge in [0.2, 0.25) is 0 Å². The Morgan fingerprint density at radius 2 is 2.26 bits per heavy atom. The van der Waals surface area contributed by atoms with Crippen LogP contribution in [0.4, 0.5) is 0 Å². The third kappa shape index (κ3) is 4.07. The monoisotopic (exact) mass is 317 g/mol. The molecule has 23 heavy (non-hydrogen) atoms. The quantitative estimate of drug-likeness (QED) is 0.805. The number of nitrogens with one attached hydrogen (secondary N) is 1. The first-order valence-electron chi connectivity index (χ1n) is 7.68. The van der Waals surface area contributed by atoms with E-state index in [0.29, 0.717) is 31.0 Å². The number of amides is 1. The van der Waals surface area contributed by atoms with Crippen LogP contribution >= 0.6 is 0 Å². The van der Waals surface area contributed by atoms with E-state index in [4.69, 9.17) is 10.5 Å². The summed E-state index contributed by atoms with van der Waals surface area (Å²) < 4.78 is 7.32. The molecule has 0 fully saturated rings. The Morgan fingerprint density at radius 3 is 2.96 bits per heavy atom. The molecular weight excluding hydrogens is 294 g/mol. The second-order valence-corrected chi connectivity index (χ2v) is 5.25. The van der Waals surface area contributed by atoms with Gasteiger partial charge >= 0.3 is 0 Å². The van der Waals surface area contributed by atoms with Gasteiger partial charge in [0.25, 0.3) is 5.91 Å². The maximum absolute atomic E-state index is 12.4. The minimum absolute atomic E-state index is 0.180. The summed E-state index contributed by atoms with van der Waals surface area (Å²) in [6.07, 6.45) is 1.49. The number of rotatable bonds is 7. The third-order valence-corrected chi connectivity index (χ3v) is 3.51. The lowest BCUT2D eigenvalue weighted by atomic mass is 10.1. The van der Waals surface area contributed by atoms with Crippen LogP contribution in [-0.4, -0.2) is 33.8 Å². The minimum atomic E-state index is -0.236. The van der Waals surface area contributed by atoms with Crippen molar-refractivity contribution in [1.29, 1.82) is 0 Å². The van der Waals surface area contributed by atoms with Crippen molar-refractivity contribution in [3.8, 4) is 5.75 Å². The first-order valence-corrected chi connectivity index (χ1v) is 7.68. The molecule has 7 heteroatoms. The van der Waals surface area contributed by atoms with Gasteiger partial charge in [-0.2, -0.15) is 5.10 Å². The summed E-state index contributed by atoms with van der Waals surface area (Å²) in [5.74, 6) is 1.22. The highest BCUT2D eigenvalue weighted by atomic mass is 16.5. The normalized spacial score (nSPS) is 12.0. The van der Waals surface area contributed by atoms with Gasteiger partial charge in [-0.1, -0.05) is 6.07 Å². The lowest BCUT2D eigenvalue weighted by Crippen LogP contribution is -2.29. The molecule has 7 nitrogen and oxygen atoms in total. The highest BCUT2D eigenvalue weighted by Crippen LogP contribution is 2.20. The number of hydrogen-bond donors (Lipinski definition) is 2. The van der Waals surface area contributed by atoms with Crippen LogP contribution in [0.5, 0.6) is 5.75 Å². The average Bonchev–Trinajstić information content (AvgIpc) is 3.02. The van der Waals surface area contributed by atoms with Crippen molar-refractivity contribution < 1.29 is 9.53 Å². The van der Waals surface area contributed by atoms with Crippen LogP contribution < -0.4 is 15.8 Å². The van der Waals surface area contributed by atoms with Crippen molar-refractivity contribution in [2.24, 2.45) is 5.73 Å². The van der Waals surface area contributed by atoms with Crippen LogP contribution in [0.1, 0.15) is 41.6 Å². The van der Waals surface area contributed by atoms with E-state index in [2.05, 4.69) is 15.4 Å². The average molecular weight is 317 g/mol. The van der Waals surface area contributed by atoms with Gasteiger partial charge in [-0.3, -0.25) is 4.79 Å². The van der Waals surface area contributed by atoms with Gasteiger partial charge in [-0.15, -0.1) is 0 Å². The molecule has 1 aromatic heterocycles. The standard InChI is InChI=1S/C16H23N5O2/c1-4-21-15(18-10-19-21)12(3)20-16(22)13-6-5-11(2)14(9-13)23-8-7-17/h5-6,9-10,12H,4,7-8,17H2,1-3H3,(H,20,22). The summed E-state index contributed by atoms with van der Waals surface area (Å²) >= 11 is 0. The van der Waals surface area contributed by atoms with E-state index in [1.807, 2.05) is 26.8 Å². The molecule has 0 aliphatic heterocycles. The molecule has 2 rings (SSSR count). The number of benzene rings is 1. The number of aromatic nitrogens is 3. The fourth-order valence-electron chi connectivity index (χ4n) is 2.26. The molecule has 0 radical (unpaired) electrons. The summed E-state index contributed by atoms with van der Waals surface area (Å²) in [6.45, 7) is 7.35. The molecule has 3 N–H and O–H groups in total. The lowest BCUT2D eigenvalue weighted by Gasteiger charge is -2.15. The van der Waals surface area contributed by atoms with E-state index in [0.717, 1.165) is 11.4 Å². The molecule has 2 aromatic rings. The Bertz CT molecular complexity index is 668. The molecule has 1 heterocycles. The van der Waals surface area contributed by atoms with Gasteiger partial charge in [0.05, 0.1) is 6.04 Å². The summed E-state index contributed by atoms with van der Waals surface area (Å²) in [5.41, 5.74) is 6.96. The van der Waals surface area contributed by atoms with Crippen molar-refractivity contribution in [3.05, 3.63) is 41.5 Å². The van der Waals surface area contributed by atoms with E-state index in [-0.39, 0.29) is 11.9 Å². The molecule has 1 atom stereocenters. The number of carbonyl (C=O) groups is 1.